The summed E-state index contributed by atoms with van der Waals surface area (Å²) in [5.41, 5.74) is 5.01. The lowest BCUT2D eigenvalue weighted by molar-refractivity contribution is -0.141. The van der Waals surface area contributed by atoms with Crippen molar-refractivity contribution in [3.63, 3.8) is 0 Å². The zero-order chi connectivity index (χ0) is 9.14. The van der Waals surface area contributed by atoms with Gasteiger partial charge in [-0.25, -0.2) is 9.59 Å². The molecule has 0 bridgehead atoms. The van der Waals surface area contributed by atoms with E-state index in [-0.39, 0.29) is 0 Å². The lowest BCUT2D eigenvalue weighted by Gasteiger charge is -2.30. The summed E-state index contributed by atoms with van der Waals surface area (Å²) in [7, 11) is 0. The standard InChI is InChI=1S/C6H10N2O3S/c7-6(11)8-1-2-12-3-4(8)5(9)10/h4H,1-3H2,(H2,7,11)(H,9,10). The maximum absolute atomic E-state index is 10.7. The molecule has 1 unspecified atom stereocenters. The smallest absolute Gasteiger partial charge is 0.327 e. The Bertz CT molecular complexity index is 187. The molecular weight excluding hydrogens is 180 g/mol. The SMILES string of the molecule is NC(=O)N1CCSCC1C(=O)O. The Morgan fingerprint density at radius 3 is 2.67 bits per heavy atom. The zero-order valence-corrected chi connectivity index (χ0v) is 7.21. The maximum Gasteiger partial charge on any atom is 0.327 e. The number of rotatable bonds is 1. The molecule has 0 aliphatic carbocycles. The molecule has 68 valence electrons. The van der Waals surface area contributed by atoms with Gasteiger partial charge in [-0.1, -0.05) is 0 Å². The highest BCUT2D eigenvalue weighted by molar-refractivity contribution is 7.99. The van der Waals surface area contributed by atoms with Crippen LogP contribution in [0.15, 0.2) is 0 Å². The summed E-state index contributed by atoms with van der Waals surface area (Å²) in [4.78, 5) is 22.5. The molecular formula is C6H10N2O3S. The minimum atomic E-state index is -0.985. The molecule has 0 spiro atoms. The average molecular weight is 190 g/mol. The van der Waals surface area contributed by atoms with Crippen molar-refractivity contribution >= 4 is 23.8 Å². The van der Waals surface area contributed by atoms with Crippen molar-refractivity contribution in [2.75, 3.05) is 18.1 Å². The van der Waals surface area contributed by atoms with Crippen LogP contribution in [0.3, 0.4) is 0 Å². The molecule has 3 N–H and O–H groups in total. The molecule has 1 aliphatic rings. The average Bonchev–Trinajstić information content (AvgIpc) is 2.04. The Labute approximate surface area is 73.9 Å². The Morgan fingerprint density at radius 2 is 2.25 bits per heavy atom. The number of nitrogens with two attached hydrogens (primary N) is 1. The monoisotopic (exact) mass is 190 g/mol. The van der Waals surface area contributed by atoms with Crippen molar-refractivity contribution in [2.45, 2.75) is 6.04 Å². The number of urea groups is 1. The van der Waals surface area contributed by atoms with E-state index in [0.717, 1.165) is 5.75 Å². The highest BCUT2D eigenvalue weighted by atomic mass is 32.2. The van der Waals surface area contributed by atoms with Gasteiger partial charge in [0.1, 0.15) is 6.04 Å². The lowest BCUT2D eigenvalue weighted by Crippen LogP contribution is -2.52. The summed E-state index contributed by atoms with van der Waals surface area (Å²) in [5.74, 6) is 0.200. The van der Waals surface area contributed by atoms with E-state index < -0.39 is 18.0 Å². The Balaban J connectivity index is 2.67. The molecule has 1 aliphatic heterocycles. The number of hydrogen-bond acceptors (Lipinski definition) is 3. The first-order valence-electron chi connectivity index (χ1n) is 3.49. The first kappa shape index (κ1) is 9.18. The van der Waals surface area contributed by atoms with Crippen molar-refractivity contribution in [3.8, 4) is 0 Å². The van der Waals surface area contributed by atoms with E-state index in [1.165, 1.54) is 16.7 Å². The number of hydrogen-bond donors (Lipinski definition) is 2. The molecule has 0 aromatic carbocycles. The molecule has 1 heterocycles. The molecule has 1 fully saturated rings. The lowest BCUT2D eigenvalue weighted by atomic mass is 10.3. The summed E-state index contributed by atoms with van der Waals surface area (Å²) in [6.07, 6.45) is 0. The van der Waals surface area contributed by atoms with Crippen LogP contribution in [0, 0.1) is 0 Å². The van der Waals surface area contributed by atoms with E-state index in [1.54, 1.807) is 0 Å². The third kappa shape index (κ3) is 1.82. The fourth-order valence-corrected chi connectivity index (χ4v) is 2.11. The van der Waals surface area contributed by atoms with Crippen molar-refractivity contribution in [3.05, 3.63) is 0 Å². The summed E-state index contributed by atoms with van der Waals surface area (Å²) in [6, 6.07) is -1.40. The van der Waals surface area contributed by atoms with E-state index in [0.29, 0.717) is 12.3 Å². The van der Waals surface area contributed by atoms with Crippen LogP contribution in [0.4, 0.5) is 4.79 Å². The van der Waals surface area contributed by atoms with Gasteiger partial charge in [0.15, 0.2) is 0 Å². The second kappa shape index (κ2) is 3.66. The zero-order valence-electron chi connectivity index (χ0n) is 6.40. The predicted octanol–water partition coefficient (Wildman–Crippen LogP) is -0.433. The summed E-state index contributed by atoms with van der Waals surface area (Å²) in [5, 5.41) is 8.69. The van der Waals surface area contributed by atoms with Gasteiger partial charge in [-0.2, -0.15) is 11.8 Å². The number of carboxylic acids is 1. The van der Waals surface area contributed by atoms with Crippen LogP contribution in [-0.2, 0) is 4.79 Å². The number of thioether (sulfide) groups is 1. The molecule has 1 rings (SSSR count). The van der Waals surface area contributed by atoms with Gasteiger partial charge in [-0.3, -0.25) is 0 Å². The molecule has 1 saturated heterocycles. The van der Waals surface area contributed by atoms with Crippen molar-refractivity contribution < 1.29 is 14.7 Å². The largest absolute Gasteiger partial charge is 0.480 e. The van der Waals surface area contributed by atoms with E-state index in [9.17, 15) is 9.59 Å². The van der Waals surface area contributed by atoms with Gasteiger partial charge in [0.25, 0.3) is 0 Å². The van der Waals surface area contributed by atoms with E-state index in [4.69, 9.17) is 10.8 Å². The summed E-state index contributed by atoms with van der Waals surface area (Å²) >= 11 is 1.52. The second-order valence-corrected chi connectivity index (χ2v) is 3.61. The highest BCUT2D eigenvalue weighted by Crippen LogP contribution is 2.15. The Kier molecular flexibility index (Phi) is 2.80. The molecule has 12 heavy (non-hydrogen) atoms. The topological polar surface area (TPSA) is 83.6 Å². The van der Waals surface area contributed by atoms with Crippen LogP contribution < -0.4 is 5.73 Å². The van der Waals surface area contributed by atoms with Gasteiger partial charge in [0, 0.05) is 18.1 Å². The van der Waals surface area contributed by atoms with Crippen LogP contribution in [0.1, 0.15) is 0 Å². The molecule has 2 amide bonds. The quantitative estimate of drug-likeness (QED) is 0.587. The molecule has 0 radical (unpaired) electrons. The third-order valence-electron chi connectivity index (χ3n) is 1.70. The summed E-state index contributed by atoms with van der Waals surface area (Å²) < 4.78 is 0. The first-order chi connectivity index (χ1) is 5.63. The number of nitrogens with zero attached hydrogens (tertiary/aromatic N) is 1. The molecule has 1 atom stereocenters. The fourth-order valence-electron chi connectivity index (χ4n) is 1.07. The second-order valence-electron chi connectivity index (χ2n) is 2.46. The normalized spacial score (nSPS) is 23.7. The van der Waals surface area contributed by atoms with E-state index in [1.807, 2.05) is 0 Å². The minimum Gasteiger partial charge on any atom is -0.480 e. The number of carbonyl (C=O) groups is 2. The van der Waals surface area contributed by atoms with Crippen LogP contribution in [0.25, 0.3) is 0 Å². The van der Waals surface area contributed by atoms with Crippen LogP contribution in [0.5, 0.6) is 0 Å². The van der Waals surface area contributed by atoms with Gasteiger partial charge < -0.3 is 15.7 Å². The number of aliphatic carboxylic acids is 1. The maximum atomic E-state index is 10.7. The highest BCUT2D eigenvalue weighted by Gasteiger charge is 2.30. The fraction of sp³-hybridized carbons (Fsp3) is 0.667. The number of carboxylic acid groups (broad SMARTS) is 1. The summed E-state index contributed by atoms with van der Waals surface area (Å²) in [6.45, 7) is 0.428. The van der Waals surface area contributed by atoms with E-state index >= 15 is 0 Å². The molecule has 0 aromatic heterocycles. The van der Waals surface area contributed by atoms with Gasteiger partial charge >= 0.3 is 12.0 Å². The van der Waals surface area contributed by atoms with Gasteiger partial charge in [0.2, 0.25) is 0 Å². The van der Waals surface area contributed by atoms with E-state index in [2.05, 4.69) is 0 Å². The minimum absolute atomic E-state index is 0.428. The van der Waals surface area contributed by atoms with Crippen molar-refractivity contribution in [2.24, 2.45) is 5.73 Å². The van der Waals surface area contributed by atoms with Gasteiger partial charge in [-0.15, -0.1) is 0 Å². The molecule has 0 saturated carbocycles. The molecule has 6 heteroatoms. The Hall–Kier alpha value is -0.910. The van der Waals surface area contributed by atoms with Crippen LogP contribution in [0.2, 0.25) is 0 Å². The third-order valence-corrected chi connectivity index (χ3v) is 2.72. The van der Waals surface area contributed by atoms with Crippen LogP contribution in [-0.4, -0.2) is 46.1 Å². The molecule has 5 nitrogen and oxygen atoms in total. The Morgan fingerprint density at radius 1 is 1.58 bits per heavy atom. The van der Waals surface area contributed by atoms with Crippen molar-refractivity contribution in [1.82, 2.24) is 4.90 Å². The van der Waals surface area contributed by atoms with Crippen LogP contribution >= 0.6 is 11.8 Å². The number of primary amides is 1. The molecule has 0 aromatic rings. The first-order valence-corrected chi connectivity index (χ1v) is 4.65. The predicted molar refractivity (Wildman–Crippen MR) is 45.0 cm³/mol. The van der Waals surface area contributed by atoms with Gasteiger partial charge in [-0.05, 0) is 0 Å². The van der Waals surface area contributed by atoms with Gasteiger partial charge in [0.05, 0.1) is 0 Å². The number of carbonyl (C=O) groups excluding carboxylic acids is 1. The van der Waals surface area contributed by atoms with Crippen molar-refractivity contribution in [1.29, 1.82) is 0 Å². The number of amides is 2.